The molecule has 0 unspecified atom stereocenters. The molecule has 4 aromatic rings. The van der Waals surface area contributed by atoms with Crippen LogP contribution in [0.5, 0.6) is 5.75 Å². The number of nitrogens with two attached hydrogens (primary N) is 1. The summed E-state index contributed by atoms with van der Waals surface area (Å²) in [4.78, 5) is 28.3. The van der Waals surface area contributed by atoms with Gasteiger partial charge in [-0.15, -0.1) is 0 Å². The first kappa shape index (κ1) is 17.2. The van der Waals surface area contributed by atoms with Crippen LogP contribution in [-0.4, -0.2) is 40.7 Å². The monoisotopic (exact) mass is 377 g/mol. The molecule has 0 aliphatic carbocycles. The molecule has 0 amide bonds. The maximum absolute atomic E-state index is 11.4. The van der Waals surface area contributed by atoms with Gasteiger partial charge in [-0.3, -0.25) is 0 Å². The van der Waals surface area contributed by atoms with Crippen molar-refractivity contribution in [1.29, 1.82) is 0 Å². The Hall–Kier alpha value is -4.21. The molecule has 0 aliphatic rings. The van der Waals surface area contributed by atoms with E-state index in [1.54, 1.807) is 35.8 Å². The molecule has 4 rings (SSSR count). The number of nitrogen functional groups attached to an aromatic ring is 1. The van der Waals surface area contributed by atoms with E-state index < -0.39 is 5.97 Å². The topological polar surface area (TPSA) is 152 Å². The van der Waals surface area contributed by atoms with Crippen LogP contribution in [0, 0.1) is 6.92 Å². The van der Waals surface area contributed by atoms with Crippen molar-refractivity contribution in [3.63, 3.8) is 0 Å². The van der Waals surface area contributed by atoms with E-state index in [1.807, 2.05) is 0 Å². The predicted octanol–water partition coefficient (Wildman–Crippen LogP) is 2.25. The first-order valence-electron chi connectivity index (χ1n) is 8.21. The number of nitrogens with zero attached hydrogens (tertiary/aromatic N) is 5. The van der Waals surface area contributed by atoms with E-state index in [9.17, 15) is 15.0 Å². The molecule has 0 saturated carbocycles. The molecule has 0 bridgehead atoms. The molecule has 0 saturated heterocycles. The lowest BCUT2D eigenvalue weighted by atomic mass is 10.2. The number of aromatic hydroxyl groups is 1. The van der Waals surface area contributed by atoms with Gasteiger partial charge < -0.3 is 21.3 Å². The summed E-state index contributed by atoms with van der Waals surface area (Å²) in [6, 6.07) is 11.0. The second-order valence-corrected chi connectivity index (χ2v) is 6.00. The second kappa shape index (κ2) is 6.50. The minimum atomic E-state index is -1.07. The summed E-state index contributed by atoms with van der Waals surface area (Å²) < 4.78 is 1.55. The molecule has 28 heavy (non-hydrogen) atoms. The molecular weight excluding hydrogens is 362 g/mol. The van der Waals surface area contributed by atoms with Crippen LogP contribution in [0.3, 0.4) is 0 Å². The predicted molar refractivity (Wildman–Crippen MR) is 102 cm³/mol. The van der Waals surface area contributed by atoms with Crippen LogP contribution in [0.4, 0.5) is 17.6 Å². The van der Waals surface area contributed by atoms with Crippen LogP contribution in [-0.2, 0) is 0 Å². The molecular formula is C18H15N7O3. The number of phenolic OH excluding ortho intramolecular Hbond substituents is 1. The molecule has 0 radical (unpaired) electrons. The molecule has 2 aromatic carbocycles. The molecule has 10 heteroatoms. The standard InChI is InChI=1S/C18H15N7O3/c1-9-20-16(19)24-17(21-9)25-14-7-10(15(27)28)5-6-13(14)23-18(25)22-11-3-2-4-12(26)8-11/h2-8,26H,1H3,(H,22,23)(H,27,28)(H2,19,20,21,24). The summed E-state index contributed by atoms with van der Waals surface area (Å²) in [5, 5.41) is 22.1. The third-order valence-electron chi connectivity index (χ3n) is 3.96. The molecule has 2 heterocycles. The van der Waals surface area contributed by atoms with E-state index in [1.165, 1.54) is 18.2 Å². The lowest BCUT2D eigenvalue weighted by Crippen LogP contribution is -2.10. The number of rotatable bonds is 4. The van der Waals surface area contributed by atoms with Crippen LogP contribution >= 0.6 is 0 Å². The fourth-order valence-corrected chi connectivity index (χ4v) is 2.80. The van der Waals surface area contributed by atoms with Gasteiger partial charge in [0.2, 0.25) is 17.8 Å². The molecule has 140 valence electrons. The first-order chi connectivity index (χ1) is 13.4. The number of carboxylic acids is 1. The smallest absolute Gasteiger partial charge is 0.335 e. The number of hydrogen-bond donors (Lipinski definition) is 4. The van der Waals surface area contributed by atoms with Crippen LogP contribution in [0.15, 0.2) is 42.5 Å². The number of carboxylic acid groups (broad SMARTS) is 1. The summed E-state index contributed by atoms with van der Waals surface area (Å²) in [6.07, 6.45) is 0. The van der Waals surface area contributed by atoms with Crippen molar-refractivity contribution in [1.82, 2.24) is 24.5 Å². The Labute approximate surface area is 158 Å². The van der Waals surface area contributed by atoms with E-state index in [0.29, 0.717) is 28.5 Å². The Morgan fingerprint density at radius 3 is 2.64 bits per heavy atom. The lowest BCUT2D eigenvalue weighted by molar-refractivity contribution is 0.0697. The highest BCUT2D eigenvalue weighted by molar-refractivity contribution is 5.93. The van der Waals surface area contributed by atoms with Gasteiger partial charge >= 0.3 is 5.97 Å². The van der Waals surface area contributed by atoms with Gasteiger partial charge in [-0.25, -0.2) is 14.3 Å². The number of aromatic carboxylic acids is 1. The Balaban J connectivity index is 1.96. The molecule has 10 nitrogen and oxygen atoms in total. The van der Waals surface area contributed by atoms with Crippen LogP contribution in [0.2, 0.25) is 0 Å². The van der Waals surface area contributed by atoms with Gasteiger partial charge in [-0.1, -0.05) is 6.07 Å². The zero-order valence-electron chi connectivity index (χ0n) is 14.7. The molecule has 0 aliphatic heterocycles. The van der Waals surface area contributed by atoms with E-state index in [0.717, 1.165) is 0 Å². The Morgan fingerprint density at radius 2 is 1.93 bits per heavy atom. The summed E-state index contributed by atoms with van der Waals surface area (Å²) in [6.45, 7) is 1.67. The van der Waals surface area contributed by atoms with Gasteiger partial charge in [0.1, 0.15) is 11.6 Å². The summed E-state index contributed by atoms with van der Waals surface area (Å²) in [5.41, 5.74) is 7.45. The van der Waals surface area contributed by atoms with E-state index >= 15 is 0 Å². The highest BCUT2D eigenvalue weighted by Crippen LogP contribution is 2.27. The van der Waals surface area contributed by atoms with Crippen molar-refractivity contribution >= 4 is 34.6 Å². The third kappa shape index (κ3) is 3.14. The van der Waals surface area contributed by atoms with Gasteiger partial charge in [0, 0.05) is 11.8 Å². The highest BCUT2D eigenvalue weighted by Gasteiger charge is 2.18. The van der Waals surface area contributed by atoms with Crippen molar-refractivity contribution in [2.75, 3.05) is 11.1 Å². The van der Waals surface area contributed by atoms with Crippen LogP contribution < -0.4 is 11.1 Å². The summed E-state index contributed by atoms with van der Waals surface area (Å²) in [5.74, 6) is -0.0283. The third-order valence-corrected chi connectivity index (χ3v) is 3.96. The number of hydrogen-bond acceptors (Lipinski definition) is 8. The minimum Gasteiger partial charge on any atom is -0.508 e. The van der Waals surface area contributed by atoms with Crippen molar-refractivity contribution in [2.24, 2.45) is 0 Å². The number of aromatic nitrogens is 5. The average molecular weight is 377 g/mol. The number of nitrogens with one attached hydrogen (secondary N) is 1. The largest absolute Gasteiger partial charge is 0.508 e. The minimum absolute atomic E-state index is 0.0297. The molecule has 0 spiro atoms. The number of imidazole rings is 1. The zero-order valence-corrected chi connectivity index (χ0v) is 14.7. The van der Waals surface area contributed by atoms with Gasteiger partial charge in [0.05, 0.1) is 16.6 Å². The normalized spacial score (nSPS) is 10.9. The zero-order chi connectivity index (χ0) is 19.8. The maximum Gasteiger partial charge on any atom is 0.335 e. The van der Waals surface area contributed by atoms with Crippen molar-refractivity contribution in [2.45, 2.75) is 6.92 Å². The molecule has 2 aromatic heterocycles. The SMILES string of the molecule is Cc1nc(N)nc(-n2c(Nc3cccc(O)c3)nc3ccc(C(=O)O)cc32)n1. The van der Waals surface area contributed by atoms with Crippen molar-refractivity contribution in [3.05, 3.63) is 53.9 Å². The molecule has 5 N–H and O–H groups in total. The van der Waals surface area contributed by atoms with E-state index in [2.05, 4.69) is 25.3 Å². The fourth-order valence-electron chi connectivity index (χ4n) is 2.80. The second-order valence-electron chi connectivity index (χ2n) is 6.00. The van der Waals surface area contributed by atoms with Crippen LogP contribution in [0.1, 0.15) is 16.2 Å². The average Bonchev–Trinajstić information content (AvgIpc) is 2.97. The number of phenols is 1. The molecule has 0 fully saturated rings. The quantitative estimate of drug-likeness (QED) is 0.419. The Kier molecular flexibility index (Phi) is 4.00. The van der Waals surface area contributed by atoms with Gasteiger partial charge in [-0.05, 0) is 37.3 Å². The van der Waals surface area contributed by atoms with Crippen molar-refractivity contribution < 1.29 is 15.0 Å². The Bertz CT molecular complexity index is 1200. The number of benzene rings is 2. The fraction of sp³-hybridized carbons (Fsp3) is 0.0556. The maximum atomic E-state index is 11.4. The first-order valence-corrected chi connectivity index (χ1v) is 8.21. The highest BCUT2D eigenvalue weighted by atomic mass is 16.4. The van der Waals surface area contributed by atoms with Gasteiger partial charge in [-0.2, -0.15) is 15.0 Å². The van der Waals surface area contributed by atoms with Gasteiger partial charge in [0.25, 0.3) is 0 Å². The lowest BCUT2D eigenvalue weighted by Gasteiger charge is -2.10. The molecule has 0 atom stereocenters. The number of anilines is 3. The van der Waals surface area contributed by atoms with E-state index in [4.69, 9.17) is 5.73 Å². The number of fused-ring (bicyclic) bond motifs is 1. The van der Waals surface area contributed by atoms with Gasteiger partial charge in [0.15, 0.2) is 0 Å². The Morgan fingerprint density at radius 1 is 1.11 bits per heavy atom. The number of aryl methyl sites for hydroxylation is 1. The summed E-state index contributed by atoms with van der Waals surface area (Å²) >= 11 is 0. The van der Waals surface area contributed by atoms with Crippen molar-refractivity contribution in [3.8, 4) is 11.7 Å². The van der Waals surface area contributed by atoms with E-state index in [-0.39, 0.29) is 23.2 Å². The van der Waals surface area contributed by atoms with Crippen LogP contribution in [0.25, 0.3) is 17.0 Å². The number of carbonyl (C=O) groups is 1. The summed E-state index contributed by atoms with van der Waals surface area (Å²) in [7, 11) is 0.